The minimum absolute atomic E-state index is 0.0466. The first-order valence-electron chi connectivity index (χ1n) is 5.53. The number of aromatic nitrogens is 1. The van der Waals surface area contributed by atoms with Gasteiger partial charge in [-0.1, -0.05) is 13.8 Å². The Morgan fingerprint density at radius 3 is 2.53 bits per heavy atom. The second-order valence-electron chi connectivity index (χ2n) is 4.99. The Kier molecular flexibility index (Phi) is 2.65. The lowest BCUT2D eigenvalue weighted by atomic mass is 10.2. The smallest absolute Gasteiger partial charge is 0.276 e. The van der Waals surface area contributed by atoms with Gasteiger partial charge in [-0.15, -0.1) is 0 Å². The number of hydrogen-bond acceptors (Lipinski definition) is 5. The van der Waals surface area contributed by atoms with Crippen molar-refractivity contribution in [2.45, 2.75) is 26.3 Å². The Bertz CT molecular complexity index is 459. The first kappa shape index (κ1) is 11.6. The third-order valence-electron chi connectivity index (χ3n) is 3.11. The van der Waals surface area contributed by atoms with E-state index in [0.717, 1.165) is 6.42 Å². The van der Waals surface area contributed by atoms with Gasteiger partial charge < -0.3 is 10.6 Å². The lowest BCUT2D eigenvalue weighted by molar-refractivity contribution is -0.384. The van der Waals surface area contributed by atoms with Gasteiger partial charge >= 0.3 is 0 Å². The van der Waals surface area contributed by atoms with Crippen molar-refractivity contribution in [3.05, 3.63) is 22.2 Å². The molecule has 1 fully saturated rings. The van der Waals surface area contributed by atoms with Crippen LogP contribution in [0.2, 0.25) is 0 Å². The van der Waals surface area contributed by atoms with E-state index in [2.05, 4.69) is 29.5 Å². The molecule has 1 unspecified atom stereocenters. The van der Waals surface area contributed by atoms with Crippen LogP contribution >= 0.6 is 0 Å². The monoisotopic (exact) mass is 236 g/mol. The Labute approximate surface area is 99.6 Å². The fourth-order valence-electron chi connectivity index (χ4n) is 1.72. The maximum absolute atomic E-state index is 10.8. The van der Waals surface area contributed by atoms with Gasteiger partial charge in [-0.25, -0.2) is 4.98 Å². The normalized spacial score (nSPS) is 20.8. The van der Waals surface area contributed by atoms with Gasteiger partial charge in [0.2, 0.25) is 0 Å². The highest BCUT2D eigenvalue weighted by molar-refractivity contribution is 5.55. The topological polar surface area (TPSA) is 80.1 Å². The summed E-state index contributed by atoms with van der Waals surface area (Å²) < 4.78 is 0. The highest BCUT2D eigenvalue weighted by Crippen LogP contribution is 2.46. The van der Waals surface area contributed by atoms with Crippen LogP contribution in [-0.4, -0.2) is 23.0 Å². The number of rotatable bonds is 4. The molecule has 17 heavy (non-hydrogen) atoms. The highest BCUT2D eigenvalue weighted by Gasteiger charge is 2.45. The van der Waals surface area contributed by atoms with Gasteiger partial charge in [-0.05, 0) is 11.8 Å². The second kappa shape index (κ2) is 3.87. The molecule has 92 valence electrons. The predicted octanol–water partition coefficient (Wildman–Crippen LogP) is 2.24. The lowest BCUT2D eigenvalue weighted by Gasteiger charge is -2.08. The lowest BCUT2D eigenvalue weighted by Crippen LogP contribution is -2.10. The fraction of sp³-hybridized carbons (Fsp3) is 0.545. The molecule has 1 saturated carbocycles. The van der Waals surface area contributed by atoms with E-state index in [9.17, 15) is 10.1 Å². The van der Waals surface area contributed by atoms with E-state index in [1.54, 1.807) is 7.05 Å². The molecule has 6 nitrogen and oxygen atoms in total. The van der Waals surface area contributed by atoms with Gasteiger partial charge in [0.05, 0.1) is 17.1 Å². The molecular weight excluding hydrogens is 220 g/mol. The molecule has 1 aromatic heterocycles. The number of anilines is 2. The zero-order valence-electron chi connectivity index (χ0n) is 10.2. The molecule has 0 bridgehead atoms. The van der Waals surface area contributed by atoms with Gasteiger partial charge in [0, 0.05) is 13.1 Å². The quantitative estimate of drug-likeness (QED) is 0.619. The largest absolute Gasteiger partial charge is 0.373 e. The summed E-state index contributed by atoms with van der Waals surface area (Å²) in [5.74, 6) is 1.05. The molecule has 2 rings (SSSR count). The van der Waals surface area contributed by atoms with Crippen LogP contribution < -0.4 is 10.6 Å². The first-order chi connectivity index (χ1) is 7.92. The molecule has 1 aromatic rings. The van der Waals surface area contributed by atoms with Crippen LogP contribution in [0.3, 0.4) is 0 Å². The van der Waals surface area contributed by atoms with Crippen LogP contribution in [0.1, 0.15) is 20.3 Å². The summed E-state index contributed by atoms with van der Waals surface area (Å²) in [6, 6.07) is 3.24. The first-order valence-corrected chi connectivity index (χ1v) is 5.53. The van der Waals surface area contributed by atoms with E-state index < -0.39 is 4.92 Å². The van der Waals surface area contributed by atoms with Gasteiger partial charge in [-0.3, -0.25) is 10.1 Å². The van der Waals surface area contributed by atoms with Crippen molar-refractivity contribution in [2.24, 2.45) is 5.41 Å². The predicted molar refractivity (Wildman–Crippen MR) is 66.2 cm³/mol. The molecule has 1 aliphatic rings. The van der Waals surface area contributed by atoms with Crippen LogP contribution in [0.5, 0.6) is 0 Å². The summed E-state index contributed by atoms with van der Waals surface area (Å²) in [5.41, 5.74) is 0.303. The summed E-state index contributed by atoms with van der Waals surface area (Å²) in [6.45, 7) is 4.31. The van der Waals surface area contributed by atoms with E-state index in [4.69, 9.17) is 0 Å². The molecule has 0 amide bonds. The molecule has 0 spiro atoms. The zero-order chi connectivity index (χ0) is 12.6. The van der Waals surface area contributed by atoms with Crippen molar-refractivity contribution in [3.63, 3.8) is 0 Å². The molecular formula is C11H16N4O2. The van der Waals surface area contributed by atoms with Crippen molar-refractivity contribution in [2.75, 3.05) is 17.7 Å². The minimum Gasteiger partial charge on any atom is -0.373 e. The van der Waals surface area contributed by atoms with Crippen molar-refractivity contribution in [1.29, 1.82) is 0 Å². The van der Waals surface area contributed by atoms with Crippen LogP contribution in [-0.2, 0) is 0 Å². The van der Waals surface area contributed by atoms with Crippen molar-refractivity contribution in [1.82, 2.24) is 4.98 Å². The van der Waals surface area contributed by atoms with Gasteiger partial charge in [0.15, 0.2) is 0 Å². The second-order valence-corrected chi connectivity index (χ2v) is 4.99. The van der Waals surface area contributed by atoms with E-state index in [1.807, 2.05) is 0 Å². The summed E-state index contributed by atoms with van der Waals surface area (Å²) in [5, 5.41) is 16.8. The van der Waals surface area contributed by atoms with Gasteiger partial charge in [0.25, 0.3) is 5.69 Å². The summed E-state index contributed by atoms with van der Waals surface area (Å²) in [6.07, 6.45) is 1.06. The maximum Gasteiger partial charge on any atom is 0.276 e. The molecule has 0 aromatic carbocycles. The van der Waals surface area contributed by atoms with Crippen LogP contribution in [0.15, 0.2) is 12.1 Å². The molecule has 1 aliphatic carbocycles. The maximum atomic E-state index is 10.8. The van der Waals surface area contributed by atoms with E-state index in [1.165, 1.54) is 12.1 Å². The van der Waals surface area contributed by atoms with Crippen LogP contribution in [0.4, 0.5) is 17.3 Å². The third kappa shape index (κ3) is 2.46. The minimum atomic E-state index is -0.411. The SMILES string of the molecule is CNc1cc([N+](=O)[O-])cc(NC2CC2(C)C)n1. The number of nitro groups is 1. The van der Waals surface area contributed by atoms with Gasteiger partial charge in [0.1, 0.15) is 11.6 Å². The zero-order valence-corrected chi connectivity index (χ0v) is 10.2. The molecule has 0 radical (unpaired) electrons. The molecule has 1 atom stereocenters. The molecule has 1 heterocycles. The average Bonchev–Trinajstić information content (AvgIpc) is 2.85. The molecule has 0 aliphatic heterocycles. The Balaban J connectivity index is 2.21. The van der Waals surface area contributed by atoms with Crippen LogP contribution in [0, 0.1) is 15.5 Å². The Hall–Kier alpha value is -1.85. The standard InChI is InChI=1S/C11H16N4O2/c1-11(2)6-8(11)13-10-5-7(15(16)17)4-9(12-3)14-10/h4-5,8H,6H2,1-3H3,(H2,12,13,14). The number of pyridine rings is 1. The van der Waals surface area contributed by atoms with Crippen molar-refractivity contribution >= 4 is 17.3 Å². The molecule has 2 N–H and O–H groups in total. The van der Waals surface area contributed by atoms with E-state index >= 15 is 0 Å². The van der Waals surface area contributed by atoms with E-state index in [0.29, 0.717) is 17.7 Å². The van der Waals surface area contributed by atoms with E-state index in [-0.39, 0.29) is 11.1 Å². The fourth-order valence-corrected chi connectivity index (χ4v) is 1.72. The number of nitrogens with zero attached hydrogens (tertiary/aromatic N) is 2. The highest BCUT2D eigenvalue weighted by atomic mass is 16.6. The summed E-state index contributed by atoms with van der Waals surface area (Å²) >= 11 is 0. The molecule has 6 heteroatoms. The Morgan fingerprint density at radius 1 is 1.47 bits per heavy atom. The van der Waals surface area contributed by atoms with Crippen LogP contribution in [0.25, 0.3) is 0 Å². The molecule has 0 saturated heterocycles. The number of hydrogen-bond donors (Lipinski definition) is 2. The number of nitrogens with one attached hydrogen (secondary N) is 2. The van der Waals surface area contributed by atoms with Crippen molar-refractivity contribution in [3.8, 4) is 0 Å². The third-order valence-corrected chi connectivity index (χ3v) is 3.11. The average molecular weight is 236 g/mol. The Morgan fingerprint density at radius 2 is 2.06 bits per heavy atom. The summed E-state index contributed by atoms with van der Waals surface area (Å²) in [7, 11) is 1.69. The summed E-state index contributed by atoms with van der Waals surface area (Å²) in [4.78, 5) is 14.6. The van der Waals surface area contributed by atoms with Gasteiger partial charge in [-0.2, -0.15) is 0 Å². The van der Waals surface area contributed by atoms with Crippen molar-refractivity contribution < 1.29 is 4.92 Å².